The molecule has 0 N–H and O–H groups in total. The molecule has 5 aromatic rings. The molecule has 2 aromatic carbocycles. The van der Waals surface area contributed by atoms with Crippen LogP contribution in [0.4, 0.5) is 0 Å². The number of nitrogens with zero attached hydrogens (tertiary/aromatic N) is 4. The molecule has 30 heavy (non-hydrogen) atoms. The summed E-state index contributed by atoms with van der Waals surface area (Å²) in [5.74, 6) is 1.27. The molecule has 148 valence electrons. The van der Waals surface area contributed by atoms with Crippen molar-refractivity contribution >= 4 is 33.7 Å². The van der Waals surface area contributed by atoms with Crippen LogP contribution in [-0.4, -0.2) is 19.5 Å². The van der Waals surface area contributed by atoms with Crippen LogP contribution in [0.1, 0.15) is 17.1 Å². The molecule has 3 aromatic heterocycles. The number of hydrogen-bond acceptors (Lipinski definition) is 6. The molecule has 0 aliphatic rings. The highest BCUT2D eigenvalue weighted by atomic mass is 32.2. The maximum Gasteiger partial charge on any atom is 0.262 e. The highest BCUT2D eigenvalue weighted by Crippen LogP contribution is 2.24. The lowest BCUT2D eigenvalue weighted by Crippen LogP contribution is -2.23. The lowest BCUT2D eigenvalue weighted by molar-refractivity contribution is 0.476. The maximum absolute atomic E-state index is 13.2. The molecule has 0 radical (unpaired) electrons. The largest absolute Gasteiger partial charge is 0.467 e. The number of hydrogen-bond donors (Lipinski definition) is 0. The van der Waals surface area contributed by atoms with Crippen LogP contribution >= 0.6 is 11.8 Å². The van der Waals surface area contributed by atoms with Crippen molar-refractivity contribution in [2.45, 2.75) is 24.4 Å². The molecular weight excluding hydrogens is 396 g/mol. The molecule has 0 atom stereocenters. The number of rotatable bonds is 5. The molecule has 0 saturated heterocycles. The van der Waals surface area contributed by atoms with E-state index in [1.54, 1.807) is 16.9 Å². The lowest BCUT2D eigenvalue weighted by atomic mass is 10.2. The predicted octanol–water partition coefficient (Wildman–Crippen LogP) is 4.58. The molecule has 0 spiro atoms. The lowest BCUT2D eigenvalue weighted by Gasteiger charge is -2.12. The van der Waals surface area contributed by atoms with E-state index in [0.717, 1.165) is 22.4 Å². The summed E-state index contributed by atoms with van der Waals surface area (Å²) >= 11 is 1.48. The molecule has 0 bridgehead atoms. The van der Waals surface area contributed by atoms with Crippen molar-refractivity contribution < 1.29 is 4.42 Å². The molecule has 0 aliphatic carbocycles. The van der Waals surface area contributed by atoms with E-state index in [4.69, 9.17) is 14.4 Å². The first-order chi connectivity index (χ1) is 14.7. The van der Waals surface area contributed by atoms with Crippen molar-refractivity contribution in [3.63, 3.8) is 0 Å². The van der Waals surface area contributed by atoms with Gasteiger partial charge in [0.2, 0.25) is 0 Å². The average molecular weight is 414 g/mol. The van der Waals surface area contributed by atoms with Gasteiger partial charge in [0.25, 0.3) is 5.56 Å². The predicted molar refractivity (Wildman–Crippen MR) is 118 cm³/mol. The Kier molecular flexibility index (Phi) is 4.80. The van der Waals surface area contributed by atoms with Gasteiger partial charge in [-0.2, -0.15) is 0 Å². The summed E-state index contributed by atoms with van der Waals surface area (Å²) < 4.78 is 7.13. The zero-order valence-corrected chi connectivity index (χ0v) is 17.1. The normalized spacial score (nSPS) is 11.4. The van der Waals surface area contributed by atoms with E-state index in [1.165, 1.54) is 11.8 Å². The van der Waals surface area contributed by atoms with E-state index >= 15 is 0 Å². The van der Waals surface area contributed by atoms with Gasteiger partial charge in [0, 0.05) is 5.75 Å². The van der Waals surface area contributed by atoms with E-state index < -0.39 is 0 Å². The summed E-state index contributed by atoms with van der Waals surface area (Å²) in [7, 11) is 0. The number of aryl methyl sites for hydroxylation is 1. The molecule has 3 heterocycles. The Labute approximate surface area is 176 Å². The van der Waals surface area contributed by atoms with Crippen molar-refractivity contribution in [3.8, 4) is 0 Å². The topological polar surface area (TPSA) is 73.8 Å². The Balaban J connectivity index is 1.55. The standard InChI is InChI=1S/C23H18N4O2S/c1-15-21(25-20-11-5-4-10-19(20)24-15)14-30-23-26-18-9-3-2-8-17(18)22(28)27(23)13-16-7-6-12-29-16/h2-12H,13-14H2,1H3. The van der Waals surface area contributed by atoms with Crippen LogP contribution in [0.2, 0.25) is 0 Å². The summed E-state index contributed by atoms with van der Waals surface area (Å²) in [6.07, 6.45) is 1.61. The van der Waals surface area contributed by atoms with Crippen molar-refractivity contribution in [1.82, 2.24) is 19.5 Å². The molecule has 0 fully saturated rings. The van der Waals surface area contributed by atoms with Gasteiger partial charge < -0.3 is 4.42 Å². The fourth-order valence-corrected chi connectivity index (χ4v) is 4.36. The number of thioether (sulfide) groups is 1. The summed E-state index contributed by atoms with van der Waals surface area (Å²) in [4.78, 5) is 27.4. The van der Waals surface area contributed by atoms with Gasteiger partial charge in [-0.1, -0.05) is 36.0 Å². The van der Waals surface area contributed by atoms with Gasteiger partial charge >= 0.3 is 0 Å². The molecule has 0 saturated carbocycles. The fraction of sp³-hybridized carbons (Fsp3) is 0.130. The van der Waals surface area contributed by atoms with E-state index in [-0.39, 0.29) is 5.56 Å². The first-order valence-electron chi connectivity index (χ1n) is 9.56. The van der Waals surface area contributed by atoms with Crippen LogP contribution < -0.4 is 5.56 Å². The van der Waals surface area contributed by atoms with Gasteiger partial charge in [-0.25, -0.2) is 15.0 Å². The first-order valence-corrected chi connectivity index (χ1v) is 10.5. The van der Waals surface area contributed by atoms with E-state index in [9.17, 15) is 4.79 Å². The Morgan fingerprint density at radius 1 is 0.900 bits per heavy atom. The summed E-state index contributed by atoms with van der Waals surface area (Å²) in [6, 6.07) is 18.9. The summed E-state index contributed by atoms with van der Waals surface area (Å²) in [5, 5.41) is 1.22. The van der Waals surface area contributed by atoms with E-state index in [2.05, 4.69) is 4.98 Å². The minimum atomic E-state index is -0.0826. The van der Waals surface area contributed by atoms with E-state index in [1.807, 2.05) is 61.5 Å². The van der Waals surface area contributed by atoms with Gasteiger partial charge in [0.05, 0.1) is 46.1 Å². The Bertz CT molecular complexity index is 1410. The number of para-hydroxylation sites is 3. The zero-order valence-electron chi connectivity index (χ0n) is 16.3. The minimum Gasteiger partial charge on any atom is -0.467 e. The summed E-state index contributed by atoms with van der Waals surface area (Å²) in [6.45, 7) is 2.29. The van der Waals surface area contributed by atoms with Crippen LogP contribution in [-0.2, 0) is 12.3 Å². The summed E-state index contributed by atoms with van der Waals surface area (Å²) in [5.41, 5.74) is 4.09. The smallest absolute Gasteiger partial charge is 0.262 e. The van der Waals surface area contributed by atoms with E-state index in [0.29, 0.717) is 34.1 Å². The Hall–Kier alpha value is -3.45. The fourth-order valence-electron chi connectivity index (χ4n) is 3.35. The Morgan fingerprint density at radius 2 is 1.63 bits per heavy atom. The van der Waals surface area contributed by atoms with Gasteiger partial charge in [0.1, 0.15) is 5.76 Å². The molecule has 0 unspecified atom stereocenters. The number of fused-ring (bicyclic) bond motifs is 2. The second-order valence-corrected chi connectivity index (χ2v) is 7.86. The zero-order chi connectivity index (χ0) is 20.5. The molecule has 0 amide bonds. The van der Waals surface area contributed by atoms with Crippen molar-refractivity contribution in [2.24, 2.45) is 0 Å². The van der Waals surface area contributed by atoms with Crippen LogP contribution in [0.15, 0.2) is 81.3 Å². The van der Waals surface area contributed by atoms with Crippen molar-refractivity contribution in [2.75, 3.05) is 0 Å². The third-order valence-corrected chi connectivity index (χ3v) is 5.89. The monoisotopic (exact) mass is 414 g/mol. The molecule has 0 aliphatic heterocycles. The molecule has 5 rings (SSSR count). The quantitative estimate of drug-likeness (QED) is 0.310. The number of benzene rings is 2. The highest BCUT2D eigenvalue weighted by Gasteiger charge is 2.14. The second kappa shape index (κ2) is 7.76. The number of aromatic nitrogens is 4. The van der Waals surface area contributed by atoms with Crippen molar-refractivity contribution in [1.29, 1.82) is 0 Å². The molecular formula is C23H18N4O2S. The Morgan fingerprint density at radius 3 is 2.40 bits per heavy atom. The second-order valence-electron chi connectivity index (χ2n) is 6.92. The van der Waals surface area contributed by atoms with Crippen LogP contribution in [0.3, 0.4) is 0 Å². The highest BCUT2D eigenvalue weighted by molar-refractivity contribution is 7.98. The van der Waals surface area contributed by atoms with Gasteiger partial charge in [-0.15, -0.1) is 0 Å². The molecule has 7 heteroatoms. The van der Waals surface area contributed by atoms with Crippen LogP contribution in [0.5, 0.6) is 0 Å². The minimum absolute atomic E-state index is 0.0826. The maximum atomic E-state index is 13.2. The van der Waals surface area contributed by atoms with Gasteiger partial charge in [-0.3, -0.25) is 9.36 Å². The van der Waals surface area contributed by atoms with Gasteiger partial charge in [-0.05, 0) is 43.3 Å². The first kappa shape index (κ1) is 18.6. The van der Waals surface area contributed by atoms with Gasteiger partial charge in [0.15, 0.2) is 5.16 Å². The van der Waals surface area contributed by atoms with Crippen LogP contribution in [0.25, 0.3) is 21.9 Å². The average Bonchev–Trinajstić information content (AvgIpc) is 3.28. The molecule has 6 nitrogen and oxygen atoms in total. The van der Waals surface area contributed by atoms with Crippen LogP contribution in [0, 0.1) is 6.92 Å². The SMILES string of the molecule is Cc1nc2ccccc2nc1CSc1nc2ccccc2c(=O)n1Cc1ccco1. The number of furan rings is 1. The van der Waals surface area contributed by atoms with Crippen molar-refractivity contribution in [3.05, 3.63) is 94.4 Å². The third-order valence-electron chi connectivity index (χ3n) is 4.90. The third kappa shape index (κ3) is 3.48.